The number of likely N-dealkylation sites (N-methyl/N-ethyl adjacent to an activating group) is 1. The van der Waals surface area contributed by atoms with E-state index in [2.05, 4.69) is 61.5 Å². The largest absolute Gasteiger partial charge is 0.483 e. The zero-order chi connectivity index (χ0) is 23.1. The van der Waals surface area contributed by atoms with Crippen LogP contribution in [-0.4, -0.2) is 60.2 Å². The lowest BCUT2D eigenvalue weighted by Gasteiger charge is -2.35. The van der Waals surface area contributed by atoms with Gasteiger partial charge in [-0.25, -0.2) is 4.98 Å². The molecule has 6 nitrogen and oxygen atoms in total. The van der Waals surface area contributed by atoms with Crippen LogP contribution in [0.1, 0.15) is 77.0 Å². The maximum Gasteiger partial charge on any atom is 0.290 e. The molecule has 2 heterocycles. The van der Waals surface area contributed by atoms with Gasteiger partial charge in [-0.1, -0.05) is 59.5 Å². The molecule has 0 amide bonds. The summed E-state index contributed by atoms with van der Waals surface area (Å²) >= 11 is 0. The van der Waals surface area contributed by atoms with Crippen molar-refractivity contribution in [1.82, 2.24) is 15.2 Å². The number of aryl methyl sites for hydroxylation is 1. The van der Waals surface area contributed by atoms with Crippen molar-refractivity contribution in [3.05, 3.63) is 30.0 Å². The van der Waals surface area contributed by atoms with Gasteiger partial charge >= 0.3 is 0 Å². The molecular weight excluding hydrogens is 388 g/mol. The molecule has 0 spiro atoms. The number of hydrogen-bond acceptors (Lipinski definition) is 5. The molecule has 6 heteroatoms. The minimum Gasteiger partial charge on any atom is -0.483 e. The number of carboxylic acid groups (broad SMARTS) is 1. The number of pyridine rings is 1. The topological polar surface area (TPSA) is 68.7 Å². The highest BCUT2D eigenvalue weighted by molar-refractivity contribution is 5.65. The number of hydrogen-bond donors (Lipinski definition) is 2. The van der Waals surface area contributed by atoms with Crippen molar-refractivity contribution in [3.63, 3.8) is 0 Å². The highest BCUT2D eigenvalue weighted by Gasteiger charge is 2.19. The molecule has 176 valence electrons. The van der Waals surface area contributed by atoms with Gasteiger partial charge in [0.25, 0.3) is 6.47 Å². The number of piperazine rings is 1. The maximum absolute atomic E-state index is 8.36. The van der Waals surface area contributed by atoms with Crippen molar-refractivity contribution in [1.29, 1.82) is 0 Å². The molecule has 3 rings (SSSR count). The van der Waals surface area contributed by atoms with Crippen molar-refractivity contribution >= 4 is 18.0 Å². The summed E-state index contributed by atoms with van der Waals surface area (Å²) in [6, 6.07) is 4.95. The van der Waals surface area contributed by atoms with Crippen LogP contribution in [0.2, 0.25) is 0 Å². The Labute approximate surface area is 189 Å². The smallest absolute Gasteiger partial charge is 0.290 e. The average Bonchev–Trinajstić information content (AvgIpc) is 2.80. The zero-order valence-corrected chi connectivity index (χ0v) is 20.2. The SMILES string of the molecule is C=C(NC1CCCCC1)c1ccc(N2CCN(CC)CC2)nc1C.CCCC.O=CO. The first kappa shape index (κ1) is 27.0. The minimum absolute atomic E-state index is 0.250. The molecule has 0 bridgehead atoms. The highest BCUT2D eigenvalue weighted by Crippen LogP contribution is 2.23. The first-order chi connectivity index (χ1) is 15.0. The van der Waals surface area contributed by atoms with Gasteiger partial charge in [0, 0.05) is 49.2 Å². The molecule has 2 fully saturated rings. The molecule has 1 saturated heterocycles. The van der Waals surface area contributed by atoms with Gasteiger partial charge in [-0.05, 0) is 38.4 Å². The lowest BCUT2D eigenvalue weighted by atomic mass is 9.95. The van der Waals surface area contributed by atoms with E-state index in [1.165, 1.54) is 44.9 Å². The third-order valence-electron chi connectivity index (χ3n) is 6.02. The lowest BCUT2D eigenvalue weighted by molar-refractivity contribution is -0.122. The Bertz CT molecular complexity index is 634. The van der Waals surface area contributed by atoms with E-state index >= 15 is 0 Å². The summed E-state index contributed by atoms with van der Waals surface area (Å²) in [6.07, 6.45) is 9.23. The number of aromatic nitrogens is 1. The zero-order valence-electron chi connectivity index (χ0n) is 20.2. The van der Waals surface area contributed by atoms with E-state index in [0.29, 0.717) is 6.04 Å². The van der Waals surface area contributed by atoms with Crippen molar-refractivity contribution in [2.24, 2.45) is 0 Å². The summed E-state index contributed by atoms with van der Waals surface area (Å²) < 4.78 is 0. The number of anilines is 1. The third kappa shape index (κ3) is 9.72. The van der Waals surface area contributed by atoms with Gasteiger partial charge in [-0.2, -0.15) is 0 Å². The Morgan fingerprint density at radius 2 is 1.71 bits per heavy atom. The Kier molecular flexibility index (Phi) is 13.6. The number of unbranched alkanes of at least 4 members (excludes halogenated alkanes) is 1. The fourth-order valence-corrected chi connectivity index (χ4v) is 3.91. The summed E-state index contributed by atoms with van der Waals surface area (Å²) in [5, 5.41) is 10.5. The Hall–Kier alpha value is -2.08. The van der Waals surface area contributed by atoms with Gasteiger partial charge in [-0.3, -0.25) is 4.79 Å². The first-order valence-corrected chi connectivity index (χ1v) is 12.0. The van der Waals surface area contributed by atoms with Crippen molar-refractivity contribution in [3.8, 4) is 0 Å². The molecule has 0 aromatic carbocycles. The van der Waals surface area contributed by atoms with Gasteiger partial charge in [0.2, 0.25) is 0 Å². The molecule has 1 aliphatic heterocycles. The van der Waals surface area contributed by atoms with E-state index in [1.807, 2.05) is 0 Å². The number of rotatable bonds is 6. The Balaban J connectivity index is 0.000000604. The second-order valence-corrected chi connectivity index (χ2v) is 8.29. The lowest BCUT2D eigenvalue weighted by Crippen LogP contribution is -2.46. The second kappa shape index (κ2) is 15.7. The van der Waals surface area contributed by atoms with Gasteiger partial charge in [0.05, 0.1) is 0 Å². The first-order valence-electron chi connectivity index (χ1n) is 12.0. The second-order valence-electron chi connectivity index (χ2n) is 8.29. The fraction of sp³-hybridized carbons (Fsp3) is 0.680. The molecule has 1 aliphatic carbocycles. The van der Waals surface area contributed by atoms with E-state index in [4.69, 9.17) is 14.9 Å². The van der Waals surface area contributed by atoms with Crippen LogP contribution in [0.3, 0.4) is 0 Å². The van der Waals surface area contributed by atoms with E-state index < -0.39 is 0 Å². The fourth-order valence-electron chi connectivity index (χ4n) is 3.91. The normalized spacial score (nSPS) is 17.0. The molecule has 1 aromatic heterocycles. The van der Waals surface area contributed by atoms with Crippen LogP contribution >= 0.6 is 0 Å². The molecule has 0 atom stereocenters. The van der Waals surface area contributed by atoms with Crippen molar-refractivity contribution in [2.75, 3.05) is 37.6 Å². The van der Waals surface area contributed by atoms with Gasteiger partial charge in [0.1, 0.15) is 5.82 Å². The van der Waals surface area contributed by atoms with Crippen molar-refractivity contribution < 1.29 is 9.90 Å². The third-order valence-corrected chi connectivity index (χ3v) is 6.02. The summed E-state index contributed by atoms with van der Waals surface area (Å²) in [7, 11) is 0. The van der Waals surface area contributed by atoms with Crippen molar-refractivity contribution in [2.45, 2.75) is 78.7 Å². The van der Waals surface area contributed by atoms with E-state index in [-0.39, 0.29) is 6.47 Å². The van der Waals surface area contributed by atoms with E-state index in [9.17, 15) is 0 Å². The highest BCUT2D eigenvalue weighted by atomic mass is 16.3. The molecular formula is C25H44N4O2. The summed E-state index contributed by atoms with van der Waals surface area (Å²) in [5.41, 5.74) is 3.28. The summed E-state index contributed by atoms with van der Waals surface area (Å²) in [4.78, 5) is 18.1. The predicted octanol–water partition coefficient (Wildman–Crippen LogP) is 4.93. The predicted molar refractivity (Wildman–Crippen MR) is 132 cm³/mol. The minimum atomic E-state index is -0.250. The summed E-state index contributed by atoms with van der Waals surface area (Å²) in [5.74, 6) is 1.11. The maximum atomic E-state index is 8.36. The number of nitrogens with zero attached hydrogens (tertiary/aromatic N) is 3. The van der Waals surface area contributed by atoms with Crippen LogP contribution in [-0.2, 0) is 4.79 Å². The van der Waals surface area contributed by atoms with Gasteiger partial charge in [-0.15, -0.1) is 0 Å². The quantitative estimate of drug-likeness (QED) is 0.621. The molecule has 1 saturated carbocycles. The average molecular weight is 433 g/mol. The van der Waals surface area contributed by atoms with Gasteiger partial charge in [0.15, 0.2) is 0 Å². The standard InChI is InChI=1S/C20H32N4.C4H10.CH2O2/c1-4-23-12-14-24(15-13-23)20-11-10-19(17(3)22-20)16(2)21-18-8-6-5-7-9-18;1-3-4-2;2-1-3/h10-11,18,21H,2,4-9,12-15H2,1,3H3;3-4H2,1-2H3;1H,(H,2,3). The van der Waals surface area contributed by atoms with Crippen LogP contribution in [0.15, 0.2) is 18.7 Å². The molecule has 0 unspecified atom stereocenters. The molecule has 0 radical (unpaired) electrons. The molecule has 2 N–H and O–H groups in total. The number of carbonyl (C=O) groups is 1. The van der Waals surface area contributed by atoms with Crippen LogP contribution in [0, 0.1) is 6.92 Å². The van der Waals surface area contributed by atoms with E-state index in [0.717, 1.165) is 55.5 Å². The van der Waals surface area contributed by atoms with E-state index in [1.54, 1.807) is 0 Å². The molecule has 1 aromatic rings. The molecule has 31 heavy (non-hydrogen) atoms. The van der Waals surface area contributed by atoms with Crippen LogP contribution in [0.25, 0.3) is 5.70 Å². The van der Waals surface area contributed by atoms with Crippen LogP contribution in [0.5, 0.6) is 0 Å². The van der Waals surface area contributed by atoms with Crippen LogP contribution in [0.4, 0.5) is 5.82 Å². The Morgan fingerprint density at radius 3 is 2.19 bits per heavy atom. The monoisotopic (exact) mass is 432 g/mol. The number of nitrogens with one attached hydrogen (secondary N) is 1. The molecule has 2 aliphatic rings. The summed E-state index contributed by atoms with van der Waals surface area (Å²) in [6.45, 7) is 18.3. The Morgan fingerprint density at radius 1 is 1.13 bits per heavy atom. The van der Waals surface area contributed by atoms with Crippen LogP contribution < -0.4 is 10.2 Å². The van der Waals surface area contributed by atoms with Gasteiger partial charge < -0.3 is 20.2 Å².